The first-order chi connectivity index (χ1) is 8.31. The van der Waals surface area contributed by atoms with E-state index >= 15 is 0 Å². The van der Waals surface area contributed by atoms with E-state index in [9.17, 15) is 9.18 Å². The molecule has 1 aromatic carbocycles. The number of carbonyl (C=O) groups excluding carboxylic acids is 1. The van der Waals surface area contributed by atoms with Crippen molar-refractivity contribution in [2.24, 2.45) is 0 Å². The second-order valence-corrected chi connectivity index (χ2v) is 5.72. The van der Waals surface area contributed by atoms with Crippen molar-refractivity contribution in [1.82, 2.24) is 5.32 Å². The van der Waals surface area contributed by atoms with E-state index in [1.165, 1.54) is 12.1 Å². The van der Waals surface area contributed by atoms with Crippen molar-refractivity contribution in [3.8, 4) is 0 Å². The van der Waals surface area contributed by atoms with Crippen LogP contribution in [0.25, 0.3) is 0 Å². The molecule has 98 valence electrons. The number of carbonyl (C=O) groups is 1. The Kier molecular flexibility index (Phi) is 3.05. The van der Waals surface area contributed by atoms with Gasteiger partial charge in [-0.15, -0.1) is 0 Å². The van der Waals surface area contributed by atoms with E-state index in [-0.39, 0.29) is 11.4 Å². The van der Waals surface area contributed by atoms with Crippen LogP contribution in [0.2, 0.25) is 0 Å². The van der Waals surface area contributed by atoms with E-state index in [0.29, 0.717) is 0 Å². The zero-order chi connectivity index (χ0) is 13.4. The summed E-state index contributed by atoms with van der Waals surface area (Å²) in [5, 5.41) is 2.88. The molecule has 3 nitrogen and oxygen atoms in total. The molecule has 0 aromatic heterocycles. The lowest BCUT2D eigenvalue weighted by atomic mass is 10.1. The number of hydrogen-bond acceptors (Lipinski definition) is 2. The number of alkyl carbamates (subject to hydrolysis) is 1. The van der Waals surface area contributed by atoms with Crippen LogP contribution in [0.15, 0.2) is 24.3 Å². The van der Waals surface area contributed by atoms with Gasteiger partial charge in [-0.1, -0.05) is 12.1 Å². The van der Waals surface area contributed by atoms with E-state index in [1.807, 2.05) is 20.8 Å². The van der Waals surface area contributed by atoms with Crippen molar-refractivity contribution in [3.63, 3.8) is 0 Å². The van der Waals surface area contributed by atoms with Gasteiger partial charge < -0.3 is 10.1 Å². The second-order valence-electron chi connectivity index (χ2n) is 5.72. The van der Waals surface area contributed by atoms with Gasteiger partial charge >= 0.3 is 6.09 Å². The summed E-state index contributed by atoms with van der Waals surface area (Å²) < 4.78 is 18.1. The van der Waals surface area contributed by atoms with Crippen molar-refractivity contribution < 1.29 is 13.9 Å². The van der Waals surface area contributed by atoms with E-state index in [4.69, 9.17) is 4.74 Å². The predicted molar refractivity (Wildman–Crippen MR) is 66.7 cm³/mol. The number of amides is 1. The Balaban J connectivity index is 2.04. The van der Waals surface area contributed by atoms with E-state index in [2.05, 4.69) is 5.32 Å². The molecule has 0 unspecified atom stereocenters. The summed E-state index contributed by atoms with van der Waals surface area (Å²) in [4.78, 5) is 11.7. The van der Waals surface area contributed by atoms with Crippen LogP contribution in [-0.4, -0.2) is 11.7 Å². The lowest BCUT2D eigenvalue weighted by molar-refractivity contribution is 0.0495. The highest BCUT2D eigenvalue weighted by Crippen LogP contribution is 2.45. The van der Waals surface area contributed by atoms with Crippen LogP contribution in [0.4, 0.5) is 9.18 Å². The summed E-state index contributed by atoms with van der Waals surface area (Å²) in [6.45, 7) is 5.47. The highest BCUT2D eigenvalue weighted by atomic mass is 19.1. The van der Waals surface area contributed by atoms with Crippen molar-refractivity contribution in [1.29, 1.82) is 0 Å². The molecule has 2 rings (SSSR count). The molecule has 0 heterocycles. The summed E-state index contributed by atoms with van der Waals surface area (Å²) in [5.41, 5.74) is 0.0497. The lowest BCUT2D eigenvalue weighted by Gasteiger charge is -2.23. The Hall–Kier alpha value is -1.58. The first kappa shape index (κ1) is 12.9. The molecule has 4 heteroatoms. The number of benzene rings is 1. The van der Waals surface area contributed by atoms with Crippen LogP contribution in [-0.2, 0) is 10.3 Å². The van der Waals surface area contributed by atoms with Crippen LogP contribution in [0, 0.1) is 5.82 Å². The van der Waals surface area contributed by atoms with Gasteiger partial charge in [-0.3, -0.25) is 0 Å². The SMILES string of the molecule is CC(C)(C)OC(=O)NC1(c2ccc(F)cc2)CC1. The number of rotatable bonds is 2. The summed E-state index contributed by atoms with van der Waals surface area (Å²) in [6.07, 6.45) is 1.29. The molecule has 1 N–H and O–H groups in total. The lowest BCUT2D eigenvalue weighted by Crippen LogP contribution is -2.39. The van der Waals surface area contributed by atoms with Gasteiger partial charge in [0.15, 0.2) is 0 Å². The minimum absolute atomic E-state index is 0.271. The van der Waals surface area contributed by atoms with Gasteiger partial charge in [0, 0.05) is 0 Å². The Bertz CT molecular complexity index is 444. The monoisotopic (exact) mass is 251 g/mol. The molecule has 1 aliphatic rings. The Morgan fingerprint density at radius 2 is 1.83 bits per heavy atom. The van der Waals surface area contributed by atoms with Crippen LogP contribution in [0.3, 0.4) is 0 Å². The third-order valence-corrected chi connectivity index (χ3v) is 2.89. The topological polar surface area (TPSA) is 38.3 Å². The average Bonchev–Trinajstić information content (AvgIpc) is 2.96. The summed E-state index contributed by atoms with van der Waals surface area (Å²) in [7, 11) is 0. The second kappa shape index (κ2) is 4.26. The predicted octanol–water partition coefficient (Wildman–Crippen LogP) is 3.34. The minimum atomic E-state index is -0.511. The molecule has 1 aliphatic carbocycles. The van der Waals surface area contributed by atoms with E-state index in [1.54, 1.807) is 12.1 Å². The molecule has 0 spiro atoms. The van der Waals surface area contributed by atoms with Gasteiger partial charge in [-0.25, -0.2) is 9.18 Å². The van der Waals surface area contributed by atoms with Gasteiger partial charge in [-0.2, -0.15) is 0 Å². The summed E-state index contributed by atoms with van der Waals surface area (Å²) >= 11 is 0. The van der Waals surface area contributed by atoms with Crippen LogP contribution < -0.4 is 5.32 Å². The van der Waals surface area contributed by atoms with E-state index < -0.39 is 11.7 Å². The first-order valence-corrected chi connectivity index (χ1v) is 6.08. The van der Waals surface area contributed by atoms with Crippen molar-refractivity contribution >= 4 is 6.09 Å². The fourth-order valence-electron chi connectivity index (χ4n) is 1.88. The normalized spacial score (nSPS) is 17.1. The molecule has 0 saturated heterocycles. The van der Waals surface area contributed by atoms with Crippen LogP contribution in [0.5, 0.6) is 0 Å². The number of nitrogens with one attached hydrogen (secondary N) is 1. The molecule has 0 aliphatic heterocycles. The van der Waals surface area contributed by atoms with Crippen molar-refractivity contribution in [2.75, 3.05) is 0 Å². The number of ether oxygens (including phenoxy) is 1. The van der Waals surface area contributed by atoms with Crippen LogP contribution in [0.1, 0.15) is 39.2 Å². The quantitative estimate of drug-likeness (QED) is 0.875. The maximum atomic E-state index is 12.9. The molecule has 18 heavy (non-hydrogen) atoms. The molecule has 1 saturated carbocycles. The minimum Gasteiger partial charge on any atom is -0.444 e. The van der Waals surface area contributed by atoms with Gasteiger partial charge in [0.25, 0.3) is 0 Å². The first-order valence-electron chi connectivity index (χ1n) is 6.08. The molecular weight excluding hydrogens is 233 g/mol. The third kappa shape index (κ3) is 3.00. The summed E-state index contributed by atoms with van der Waals surface area (Å²) in [5.74, 6) is -0.271. The Labute approximate surface area is 106 Å². The van der Waals surface area contributed by atoms with Gasteiger partial charge in [-0.05, 0) is 51.3 Å². The number of halogens is 1. The molecule has 1 amide bonds. The van der Waals surface area contributed by atoms with Crippen LogP contribution >= 0.6 is 0 Å². The Morgan fingerprint density at radius 3 is 2.28 bits per heavy atom. The maximum absolute atomic E-state index is 12.9. The highest BCUT2D eigenvalue weighted by molar-refractivity contribution is 5.70. The fourth-order valence-corrected chi connectivity index (χ4v) is 1.88. The average molecular weight is 251 g/mol. The molecule has 1 fully saturated rings. The summed E-state index contributed by atoms with van der Waals surface area (Å²) in [6, 6.07) is 6.23. The molecule has 1 aromatic rings. The zero-order valence-corrected chi connectivity index (χ0v) is 10.9. The highest BCUT2D eigenvalue weighted by Gasteiger charge is 2.46. The largest absolute Gasteiger partial charge is 0.444 e. The Morgan fingerprint density at radius 1 is 1.28 bits per heavy atom. The van der Waals surface area contributed by atoms with Gasteiger partial charge in [0.1, 0.15) is 11.4 Å². The molecule has 0 atom stereocenters. The van der Waals surface area contributed by atoms with Crippen molar-refractivity contribution in [3.05, 3.63) is 35.6 Å². The molecule has 0 bridgehead atoms. The standard InChI is InChI=1S/C14H18FNO2/c1-13(2,3)18-12(17)16-14(8-9-14)10-4-6-11(15)7-5-10/h4-7H,8-9H2,1-3H3,(H,16,17). The third-order valence-electron chi connectivity index (χ3n) is 2.89. The van der Waals surface area contributed by atoms with Gasteiger partial charge in [0.2, 0.25) is 0 Å². The van der Waals surface area contributed by atoms with Crippen molar-refractivity contribution in [2.45, 2.75) is 44.8 Å². The zero-order valence-electron chi connectivity index (χ0n) is 10.9. The molecular formula is C14H18FNO2. The molecule has 0 radical (unpaired) electrons. The maximum Gasteiger partial charge on any atom is 0.408 e. The number of hydrogen-bond donors (Lipinski definition) is 1. The smallest absolute Gasteiger partial charge is 0.408 e. The van der Waals surface area contributed by atoms with E-state index in [0.717, 1.165) is 18.4 Å². The fraction of sp³-hybridized carbons (Fsp3) is 0.500. The van der Waals surface area contributed by atoms with Gasteiger partial charge in [0.05, 0.1) is 5.54 Å².